The quantitative estimate of drug-likeness (QED) is 0.660. The number of aromatic nitrogens is 3. The van der Waals surface area contributed by atoms with E-state index in [-0.39, 0.29) is 16.8 Å². The average Bonchev–Trinajstić information content (AvgIpc) is 2.70. The zero-order valence-electron chi connectivity index (χ0n) is 16.8. The number of aryl methyl sites for hydroxylation is 1. The second-order valence-electron chi connectivity index (χ2n) is 8.38. The molecular formula is C23H25FN4O. The molecule has 3 aromatic rings. The maximum Gasteiger partial charge on any atom is 0.255 e. The lowest BCUT2D eigenvalue weighted by molar-refractivity contribution is 0.274. The monoisotopic (exact) mass is 392 g/mol. The predicted molar refractivity (Wildman–Crippen MR) is 112 cm³/mol. The van der Waals surface area contributed by atoms with Gasteiger partial charge in [-0.05, 0) is 36.6 Å². The van der Waals surface area contributed by atoms with Gasteiger partial charge in [-0.2, -0.15) is 0 Å². The van der Waals surface area contributed by atoms with E-state index in [0.717, 1.165) is 24.1 Å². The maximum atomic E-state index is 13.9. The van der Waals surface area contributed by atoms with Gasteiger partial charge in [0.05, 0.1) is 5.69 Å². The first-order chi connectivity index (χ1) is 13.9. The van der Waals surface area contributed by atoms with Crippen molar-refractivity contribution in [1.82, 2.24) is 14.5 Å². The van der Waals surface area contributed by atoms with Gasteiger partial charge in [-0.25, -0.2) is 9.37 Å². The highest BCUT2D eigenvalue weighted by Gasteiger charge is 2.32. The molecule has 0 fully saturated rings. The molecule has 6 heteroatoms. The molecule has 0 amide bonds. The van der Waals surface area contributed by atoms with Crippen LogP contribution in [0.25, 0.3) is 11.3 Å². The second-order valence-corrected chi connectivity index (χ2v) is 8.38. The Balaban J connectivity index is 1.62. The number of benzene rings is 1. The number of rotatable bonds is 5. The molecule has 150 valence electrons. The van der Waals surface area contributed by atoms with Gasteiger partial charge in [-0.15, -0.1) is 0 Å². The van der Waals surface area contributed by atoms with Crippen molar-refractivity contribution >= 4 is 5.95 Å². The Morgan fingerprint density at radius 1 is 1.10 bits per heavy atom. The fourth-order valence-corrected chi connectivity index (χ4v) is 3.96. The molecule has 1 aromatic carbocycles. The molecule has 1 aliphatic rings. The largest absolute Gasteiger partial charge is 0.342 e. The van der Waals surface area contributed by atoms with Crippen molar-refractivity contribution in [3.05, 3.63) is 76.6 Å². The third-order valence-corrected chi connectivity index (χ3v) is 5.28. The summed E-state index contributed by atoms with van der Waals surface area (Å²) in [5.74, 6) is 0.526. The number of halogens is 1. The fourth-order valence-electron chi connectivity index (χ4n) is 3.96. The highest BCUT2D eigenvalue weighted by Crippen LogP contribution is 2.30. The van der Waals surface area contributed by atoms with Crippen LogP contribution >= 0.6 is 0 Å². The van der Waals surface area contributed by atoms with E-state index in [1.54, 1.807) is 29.1 Å². The summed E-state index contributed by atoms with van der Waals surface area (Å²) in [4.78, 5) is 23.9. The van der Waals surface area contributed by atoms with Gasteiger partial charge in [-0.1, -0.05) is 32.0 Å². The van der Waals surface area contributed by atoms with Crippen molar-refractivity contribution in [3.8, 4) is 11.3 Å². The van der Waals surface area contributed by atoms with E-state index < -0.39 is 0 Å². The van der Waals surface area contributed by atoms with Crippen molar-refractivity contribution in [3.63, 3.8) is 0 Å². The summed E-state index contributed by atoms with van der Waals surface area (Å²) in [6.45, 7) is 6.46. The molecule has 3 heterocycles. The fraction of sp³-hybridized carbons (Fsp3) is 0.348. The van der Waals surface area contributed by atoms with Crippen LogP contribution in [0.4, 0.5) is 10.3 Å². The second kappa shape index (κ2) is 7.78. The first kappa shape index (κ1) is 19.3. The first-order valence-electron chi connectivity index (χ1n) is 9.94. The van der Waals surface area contributed by atoms with Gasteiger partial charge in [0.25, 0.3) is 5.56 Å². The molecule has 0 saturated heterocycles. The zero-order chi connectivity index (χ0) is 20.4. The lowest BCUT2D eigenvalue weighted by atomic mass is 9.91. The Morgan fingerprint density at radius 2 is 1.86 bits per heavy atom. The average molecular weight is 392 g/mol. The van der Waals surface area contributed by atoms with Gasteiger partial charge >= 0.3 is 0 Å². The molecule has 0 radical (unpaired) electrons. The molecule has 1 aliphatic heterocycles. The van der Waals surface area contributed by atoms with Crippen LogP contribution in [0.2, 0.25) is 0 Å². The molecule has 0 N–H and O–H groups in total. The predicted octanol–water partition coefficient (Wildman–Crippen LogP) is 3.92. The van der Waals surface area contributed by atoms with E-state index in [9.17, 15) is 9.18 Å². The lowest BCUT2D eigenvalue weighted by Crippen LogP contribution is -2.47. The Morgan fingerprint density at radius 3 is 2.62 bits per heavy atom. The Labute approximate surface area is 169 Å². The van der Waals surface area contributed by atoms with E-state index in [0.29, 0.717) is 31.2 Å². The summed E-state index contributed by atoms with van der Waals surface area (Å²) in [6.07, 6.45) is 4.83. The molecule has 0 bridgehead atoms. The SMILES string of the molecule is CC1(C)CN(CCCc2ccccc2F)c2nc(-c3ccncc3)cc(=O)n2C1. The van der Waals surface area contributed by atoms with Crippen molar-refractivity contribution in [1.29, 1.82) is 0 Å². The highest BCUT2D eigenvalue weighted by atomic mass is 19.1. The van der Waals surface area contributed by atoms with Gasteiger partial charge in [0.15, 0.2) is 0 Å². The van der Waals surface area contributed by atoms with Gasteiger partial charge < -0.3 is 4.90 Å². The van der Waals surface area contributed by atoms with Gasteiger partial charge in [0.1, 0.15) is 5.82 Å². The molecule has 0 unspecified atom stereocenters. The van der Waals surface area contributed by atoms with Crippen molar-refractivity contribution < 1.29 is 4.39 Å². The number of nitrogens with zero attached hydrogens (tertiary/aromatic N) is 4. The van der Waals surface area contributed by atoms with E-state index in [4.69, 9.17) is 4.98 Å². The van der Waals surface area contributed by atoms with Gasteiger partial charge in [0.2, 0.25) is 5.95 Å². The molecule has 2 aromatic heterocycles. The molecule has 0 aliphatic carbocycles. The lowest BCUT2D eigenvalue weighted by Gasteiger charge is -2.40. The Bertz CT molecular complexity index is 1060. The number of fused-ring (bicyclic) bond motifs is 1. The van der Waals surface area contributed by atoms with Crippen molar-refractivity contribution in [2.24, 2.45) is 5.41 Å². The van der Waals surface area contributed by atoms with Crippen molar-refractivity contribution in [2.45, 2.75) is 33.2 Å². The smallest absolute Gasteiger partial charge is 0.255 e. The third kappa shape index (κ3) is 4.21. The van der Waals surface area contributed by atoms with Gasteiger partial charge in [0, 0.05) is 49.1 Å². The summed E-state index contributed by atoms with van der Waals surface area (Å²) in [5.41, 5.74) is 2.15. The summed E-state index contributed by atoms with van der Waals surface area (Å²) < 4.78 is 15.7. The maximum absolute atomic E-state index is 13.9. The molecule has 0 atom stereocenters. The molecule has 0 saturated carbocycles. The minimum absolute atomic E-state index is 0.0469. The topological polar surface area (TPSA) is 51.0 Å². The number of hydrogen-bond acceptors (Lipinski definition) is 4. The molecular weight excluding hydrogens is 367 g/mol. The van der Waals surface area contributed by atoms with Crippen LogP contribution in [0.5, 0.6) is 0 Å². The van der Waals surface area contributed by atoms with Crippen LogP contribution in [-0.2, 0) is 13.0 Å². The van der Waals surface area contributed by atoms with Crippen LogP contribution in [0, 0.1) is 11.2 Å². The van der Waals surface area contributed by atoms with Crippen LogP contribution in [0.3, 0.4) is 0 Å². The number of anilines is 1. The van der Waals surface area contributed by atoms with E-state index >= 15 is 0 Å². The molecule has 0 spiro atoms. The molecule has 4 rings (SSSR count). The normalized spacial score (nSPS) is 15.2. The third-order valence-electron chi connectivity index (χ3n) is 5.28. The standard InChI is InChI=1S/C23H25FN4O/c1-23(2)15-27(13-5-7-17-6-3-4-8-19(17)24)22-26-20(14-21(29)28(22)16-23)18-9-11-25-12-10-18/h3-4,6,8-12,14H,5,7,13,15-16H2,1-2H3. The van der Waals surface area contributed by atoms with Crippen LogP contribution in [0.1, 0.15) is 25.8 Å². The van der Waals surface area contributed by atoms with Crippen LogP contribution in [-0.4, -0.2) is 27.6 Å². The summed E-state index contributed by atoms with van der Waals surface area (Å²) in [5, 5.41) is 0. The van der Waals surface area contributed by atoms with E-state index in [1.807, 2.05) is 24.3 Å². The summed E-state index contributed by atoms with van der Waals surface area (Å²) in [6, 6.07) is 12.2. The minimum Gasteiger partial charge on any atom is -0.342 e. The summed E-state index contributed by atoms with van der Waals surface area (Å²) >= 11 is 0. The number of hydrogen-bond donors (Lipinski definition) is 0. The van der Waals surface area contributed by atoms with Crippen molar-refractivity contribution in [2.75, 3.05) is 18.0 Å². The van der Waals surface area contributed by atoms with E-state index in [2.05, 4.69) is 23.7 Å². The summed E-state index contributed by atoms with van der Waals surface area (Å²) in [7, 11) is 0. The Kier molecular flexibility index (Phi) is 5.18. The van der Waals surface area contributed by atoms with Crippen LogP contribution in [0.15, 0.2) is 59.7 Å². The molecule has 5 nitrogen and oxygen atoms in total. The van der Waals surface area contributed by atoms with Gasteiger partial charge in [-0.3, -0.25) is 14.3 Å². The highest BCUT2D eigenvalue weighted by molar-refractivity contribution is 5.59. The minimum atomic E-state index is -0.166. The number of pyridine rings is 1. The van der Waals surface area contributed by atoms with Crippen LogP contribution < -0.4 is 10.5 Å². The Hall–Kier alpha value is -3.02. The zero-order valence-corrected chi connectivity index (χ0v) is 16.8. The van der Waals surface area contributed by atoms with E-state index in [1.165, 1.54) is 6.07 Å². The molecule has 29 heavy (non-hydrogen) atoms. The first-order valence-corrected chi connectivity index (χ1v) is 9.94.